The summed E-state index contributed by atoms with van der Waals surface area (Å²) in [6.45, 7) is 5.91. The zero-order valence-corrected chi connectivity index (χ0v) is 23.4. The highest BCUT2D eigenvalue weighted by molar-refractivity contribution is 6.31. The predicted molar refractivity (Wildman–Crippen MR) is 148 cm³/mol. The molecule has 2 aliphatic heterocycles. The lowest BCUT2D eigenvalue weighted by atomic mass is 9.71. The largest absolute Gasteiger partial charge is 0.342 e. The van der Waals surface area contributed by atoms with Gasteiger partial charge in [0.05, 0.1) is 6.42 Å². The van der Waals surface area contributed by atoms with E-state index in [2.05, 4.69) is 9.80 Å². The lowest BCUT2D eigenvalue weighted by molar-refractivity contribution is -0.133. The topological polar surface area (TPSA) is 26.8 Å². The van der Waals surface area contributed by atoms with Crippen LogP contribution in [0.2, 0.25) is 5.02 Å². The molecule has 1 unspecified atom stereocenters. The fraction of sp³-hybridized carbons (Fsp3) is 0.581. The van der Waals surface area contributed by atoms with Crippen LogP contribution in [0.15, 0.2) is 36.4 Å². The Kier molecular flexibility index (Phi) is 9.20. The van der Waals surface area contributed by atoms with E-state index in [9.17, 15) is 18.0 Å². The number of piperidine rings is 1. The Hall–Kier alpha value is -2.09. The van der Waals surface area contributed by atoms with Gasteiger partial charge in [0.1, 0.15) is 5.82 Å². The van der Waals surface area contributed by atoms with Crippen molar-refractivity contribution in [1.82, 2.24) is 14.7 Å². The number of hydrogen-bond donors (Lipinski definition) is 0. The van der Waals surface area contributed by atoms with E-state index in [0.717, 1.165) is 63.6 Å². The van der Waals surface area contributed by atoms with Gasteiger partial charge in [0.25, 0.3) is 0 Å². The Balaban J connectivity index is 1.29. The Bertz CT molecular complexity index is 1130. The molecule has 0 bridgehead atoms. The van der Waals surface area contributed by atoms with Gasteiger partial charge in [-0.15, -0.1) is 0 Å². The van der Waals surface area contributed by atoms with Gasteiger partial charge in [-0.2, -0.15) is 0 Å². The molecule has 0 aromatic heterocycles. The molecule has 4 nitrogen and oxygen atoms in total. The predicted octanol–water partition coefficient (Wildman–Crippen LogP) is 6.20. The molecule has 1 atom stereocenters. The van der Waals surface area contributed by atoms with Gasteiger partial charge < -0.3 is 9.80 Å². The molecule has 0 spiro atoms. The van der Waals surface area contributed by atoms with Gasteiger partial charge in [-0.05, 0) is 68.5 Å². The highest BCUT2D eigenvalue weighted by Gasteiger charge is 2.40. The fourth-order valence-electron chi connectivity index (χ4n) is 6.89. The molecule has 0 radical (unpaired) electrons. The van der Waals surface area contributed by atoms with Crippen LogP contribution < -0.4 is 0 Å². The number of rotatable bonds is 7. The van der Waals surface area contributed by atoms with E-state index in [4.69, 9.17) is 11.6 Å². The molecule has 0 N–H and O–H groups in total. The van der Waals surface area contributed by atoms with Gasteiger partial charge in [-0.1, -0.05) is 43.0 Å². The molecular formula is C31H39ClF3N3O. The third-order valence-electron chi connectivity index (χ3n) is 9.26. The van der Waals surface area contributed by atoms with Crippen LogP contribution in [0.3, 0.4) is 0 Å². The standard InChI is InChI=1S/C31H39ClF3N3O/c32-26-8-4-9-27(33)25(26)21-30(39)38-14-5-12-31(22-38,23-10-11-28(34)29(35)20-23)13-15-36-16-18-37(19-17-36)24-6-2-1-3-7-24/h4,8-11,20,24H,1-3,5-7,12-19,21-22H2. The summed E-state index contributed by atoms with van der Waals surface area (Å²) < 4.78 is 42.7. The van der Waals surface area contributed by atoms with Crippen molar-refractivity contribution in [3.63, 3.8) is 0 Å². The van der Waals surface area contributed by atoms with Gasteiger partial charge >= 0.3 is 0 Å². The molecular weight excluding hydrogens is 523 g/mol. The average molecular weight is 562 g/mol. The summed E-state index contributed by atoms with van der Waals surface area (Å²) in [5.41, 5.74) is 0.426. The molecule has 3 aliphatic rings. The first kappa shape index (κ1) is 28.4. The highest BCUT2D eigenvalue weighted by Crippen LogP contribution is 2.39. The van der Waals surface area contributed by atoms with Crippen molar-refractivity contribution in [2.75, 3.05) is 45.8 Å². The zero-order valence-electron chi connectivity index (χ0n) is 22.6. The fourth-order valence-corrected chi connectivity index (χ4v) is 7.12. The number of nitrogens with zero attached hydrogens (tertiary/aromatic N) is 3. The highest BCUT2D eigenvalue weighted by atomic mass is 35.5. The SMILES string of the molecule is O=C(Cc1c(F)cccc1Cl)N1CCCC(CCN2CCN(C3CCCCC3)CC2)(c2ccc(F)c(F)c2)C1. The van der Waals surface area contributed by atoms with Crippen LogP contribution in [0.1, 0.15) is 62.5 Å². The van der Waals surface area contributed by atoms with Crippen LogP contribution in [0.25, 0.3) is 0 Å². The first-order chi connectivity index (χ1) is 18.8. The smallest absolute Gasteiger partial charge is 0.227 e. The molecule has 2 aromatic rings. The maximum absolute atomic E-state index is 14.4. The monoisotopic (exact) mass is 561 g/mol. The first-order valence-corrected chi connectivity index (χ1v) is 14.8. The summed E-state index contributed by atoms with van der Waals surface area (Å²) in [6.07, 6.45) is 8.78. The second-order valence-electron chi connectivity index (χ2n) is 11.6. The molecule has 39 heavy (non-hydrogen) atoms. The minimum Gasteiger partial charge on any atom is -0.342 e. The van der Waals surface area contributed by atoms with E-state index in [1.165, 1.54) is 56.4 Å². The maximum atomic E-state index is 14.4. The second kappa shape index (κ2) is 12.6. The van der Waals surface area contributed by atoms with E-state index < -0.39 is 22.9 Å². The van der Waals surface area contributed by atoms with Crippen molar-refractivity contribution in [2.24, 2.45) is 0 Å². The summed E-state index contributed by atoms with van der Waals surface area (Å²) in [5.74, 6) is -2.43. The third-order valence-corrected chi connectivity index (χ3v) is 9.61. The molecule has 2 aromatic carbocycles. The third kappa shape index (κ3) is 6.63. The molecule has 1 aliphatic carbocycles. The quantitative estimate of drug-likeness (QED) is 0.403. The van der Waals surface area contributed by atoms with Crippen molar-refractivity contribution < 1.29 is 18.0 Å². The number of likely N-dealkylation sites (tertiary alicyclic amines) is 1. The minimum atomic E-state index is -0.870. The van der Waals surface area contributed by atoms with Crippen molar-refractivity contribution >= 4 is 17.5 Å². The summed E-state index contributed by atoms with van der Waals surface area (Å²) in [5, 5.41) is 0.236. The van der Waals surface area contributed by atoms with Crippen molar-refractivity contribution in [3.05, 3.63) is 70.0 Å². The summed E-state index contributed by atoms with van der Waals surface area (Å²) in [4.78, 5) is 20.2. The Morgan fingerprint density at radius 2 is 1.67 bits per heavy atom. The lowest BCUT2D eigenvalue weighted by Crippen LogP contribution is -2.53. The van der Waals surface area contributed by atoms with E-state index in [-0.39, 0.29) is 22.9 Å². The molecule has 2 saturated heterocycles. The average Bonchev–Trinajstić information content (AvgIpc) is 2.96. The number of amides is 1. The van der Waals surface area contributed by atoms with Crippen LogP contribution in [0.5, 0.6) is 0 Å². The molecule has 1 saturated carbocycles. The number of benzene rings is 2. The van der Waals surface area contributed by atoms with E-state index in [1.54, 1.807) is 17.0 Å². The summed E-state index contributed by atoms with van der Waals surface area (Å²) >= 11 is 6.20. The molecule has 5 rings (SSSR count). The van der Waals surface area contributed by atoms with E-state index in [0.29, 0.717) is 13.1 Å². The Labute approximate surface area is 235 Å². The molecule has 8 heteroatoms. The molecule has 1 amide bonds. The molecule has 2 heterocycles. The van der Waals surface area contributed by atoms with E-state index in [1.807, 2.05) is 0 Å². The summed E-state index contributed by atoms with van der Waals surface area (Å²) in [7, 11) is 0. The van der Waals surface area contributed by atoms with Gasteiger partial charge in [0.2, 0.25) is 5.91 Å². The second-order valence-corrected chi connectivity index (χ2v) is 12.0. The van der Waals surface area contributed by atoms with Crippen LogP contribution in [0.4, 0.5) is 13.2 Å². The number of piperazine rings is 1. The number of carbonyl (C=O) groups is 1. The Morgan fingerprint density at radius 1 is 0.897 bits per heavy atom. The summed E-state index contributed by atoms with van der Waals surface area (Å²) in [6, 6.07) is 9.30. The number of carbonyl (C=O) groups excluding carboxylic acids is 1. The van der Waals surface area contributed by atoms with Crippen molar-refractivity contribution in [1.29, 1.82) is 0 Å². The molecule has 212 valence electrons. The van der Waals surface area contributed by atoms with E-state index >= 15 is 0 Å². The number of halogens is 4. The van der Waals surface area contributed by atoms with Crippen LogP contribution in [0, 0.1) is 17.5 Å². The normalized spacial score (nSPS) is 23.7. The lowest BCUT2D eigenvalue weighted by Gasteiger charge is -2.46. The first-order valence-electron chi connectivity index (χ1n) is 14.5. The Morgan fingerprint density at radius 3 is 2.38 bits per heavy atom. The zero-order chi connectivity index (χ0) is 27.4. The van der Waals surface area contributed by atoms with Gasteiger partial charge in [-0.3, -0.25) is 9.69 Å². The number of hydrogen-bond acceptors (Lipinski definition) is 3. The van der Waals surface area contributed by atoms with Gasteiger partial charge in [0.15, 0.2) is 11.6 Å². The maximum Gasteiger partial charge on any atom is 0.227 e. The molecule has 3 fully saturated rings. The van der Waals surface area contributed by atoms with Crippen LogP contribution in [-0.2, 0) is 16.6 Å². The van der Waals surface area contributed by atoms with Gasteiger partial charge in [-0.25, -0.2) is 13.2 Å². The minimum absolute atomic E-state index is 0.123. The van der Waals surface area contributed by atoms with Crippen molar-refractivity contribution in [3.8, 4) is 0 Å². The van der Waals surface area contributed by atoms with Crippen LogP contribution >= 0.6 is 11.6 Å². The van der Waals surface area contributed by atoms with Crippen LogP contribution in [-0.4, -0.2) is 72.5 Å². The van der Waals surface area contributed by atoms with Crippen molar-refractivity contribution in [2.45, 2.75) is 69.2 Å². The van der Waals surface area contributed by atoms with Gasteiger partial charge in [0, 0.05) is 61.3 Å².